The molecule has 112 valence electrons. The summed E-state index contributed by atoms with van der Waals surface area (Å²) in [6.07, 6.45) is 0. The molecule has 1 aliphatic rings. The second kappa shape index (κ2) is 4.29. The lowest BCUT2D eigenvalue weighted by atomic mass is 10.1. The molecule has 0 saturated heterocycles. The Hall–Kier alpha value is -2.94. The van der Waals surface area contributed by atoms with Gasteiger partial charge >= 0.3 is 0 Å². The number of H-pyrrole nitrogens is 1. The van der Waals surface area contributed by atoms with E-state index in [4.69, 9.17) is 9.47 Å². The van der Waals surface area contributed by atoms with Gasteiger partial charge in [-0.2, -0.15) is 0 Å². The molecule has 0 amide bonds. The van der Waals surface area contributed by atoms with Gasteiger partial charge in [0.1, 0.15) is 0 Å². The standard InChI is InChI=1S/C20H15NO2/c1-11-7-8-17-20(12(11)2)23-19-10-16-14(9-18(19)22-17)13-5-3-4-6-15(13)21-16/h3-10,21H,1-2H3. The molecule has 23 heavy (non-hydrogen) atoms. The number of hydrogen-bond acceptors (Lipinski definition) is 2. The van der Waals surface area contributed by atoms with Crippen LogP contribution in [0.25, 0.3) is 21.8 Å². The van der Waals surface area contributed by atoms with Gasteiger partial charge in [0.25, 0.3) is 0 Å². The highest BCUT2D eigenvalue weighted by molar-refractivity contribution is 6.08. The fourth-order valence-electron chi connectivity index (χ4n) is 3.22. The number of rotatable bonds is 0. The van der Waals surface area contributed by atoms with Crippen molar-refractivity contribution in [2.24, 2.45) is 0 Å². The zero-order chi connectivity index (χ0) is 15.6. The number of para-hydroxylation sites is 1. The fraction of sp³-hybridized carbons (Fsp3) is 0.100. The van der Waals surface area contributed by atoms with E-state index in [0.29, 0.717) is 0 Å². The molecule has 1 aromatic heterocycles. The van der Waals surface area contributed by atoms with Gasteiger partial charge in [-0.15, -0.1) is 0 Å². The highest BCUT2D eigenvalue weighted by Gasteiger charge is 2.22. The van der Waals surface area contributed by atoms with Crippen molar-refractivity contribution in [1.82, 2.24) is 4.98 Å². The van der Waals surface area contributed by atoms with Crippen LogP contribution in [-0.2, 0) is 0 Å². The van der Waals surface area contributed by atoms with Crippen molar-refractivity contribution in [2.45, 2.75) is 13.8 Å². The Morgan fingerprint density at radius 3 is 2.48 bits per heavy atom. The van der Waals surface area contributed by atoms with Crippen LogP contribution in [0.2, 0.25) is 0 Å². The second-order valence-electron chi connectivity index (χ2n) is 6.05. The minimum absolute atomic E-state index is 0.755. The molecule has 0 saturated carbocycles. The Bertz CT molecular complexity index is 1090. The third-order valence-electron chi connectivity index (χ3n) is 4.64. The van der Waals surface area contributed by atoms with Crippen molar-refractivity contribution in [3.8, 4) is 23.0 Å². The van der Waals surface area contributed by atoms with Gasteiger partial charge in [-0.3, -0.25) is 0 Å². The van der Waals surface area contributed by atoms with Gasteiger partial charge in [0.15, 0.2) is 23.0 Å². The van der Waals surface area contributed by atoms with E-state index < -0.39 is 0 Å². The molecule has 0 unspecified atom stereocenters. The molecule has 0 aliphatic carbocycles. The van der Waals surface area contributed by atoms with Gasteiger partial charge in [-0.25, -0.2) is 0 Å². The van der Waals surface area contributed by atoms with Crippen LogP contribution in [0.15, 0.2) is 48.5 Å². The van der Waals surface area contributed by atoms with Crippen LogP contribution in [0.4, 0.5) is 0 Å². The van der Waals surface area contributed by atoms with Gasteiger partial charge in [-0.1, -0.05) is 24.3 Å². The van der Waals surface area contributed by atoms with Crippen LogP contribution in [0.3, 0.4) is 0 Å². The number of aryl methyl sites for hydroxylation is 1. The molecule has 3 nitrogen and oxygen atoms in total. The van der Waals surface area contributed by atoms with Crippen molar-refractivity contribution in [3.05, 3.63) is 59.7 Å². The number of hydrogen-bond donors (Lipinski definition) is 1. The highest BCUT2D eigenvalue weighted by Crippen LogP contribution is 2.49. The summed E-state index contributed by atoms with van der Waals surface area (Å²) >= 11 is 0. The van der Waals surface area contributed by atoms with Gasteiger partial charge in [0.05, 0.1) is 5.52 Å². The van der Waals surface area contributed by atoms with Gasteiger partial charge < -0.3 is 14.5 Å². The second-order valence-corrected chi connectivity index (χ2v) is 6.05. The zero-order valence-corrected chi connectivity index (χ0v) is 12.9. The molecule has 1 N–H and O–H groups in total. The van der Waals surface area contributed by atoms with Crippen molar-refractivity contribution >= 4 is 21.8 Å². The zero-order valence-electron chi connectivity index (χ0n) is 12.9. The molecule has 0 bridgehead atoms. The first-order valence-corrected chi connectivity index (χ1v) is 7.71. The Morgan fingerprint density at radius 2 is 1.57 bits per heavy atom. The average molecular weight is 301 g/mol. The smallest absolute Gasteiger partial charge is 0.173 e. The fourth-order valence-corrected chi connectivity index (χ4v) is 3.22. The van der Waals surface area contributed by atoms with Gasteiger partial charge in [0, 0.05) is 22.4 Å². The number of benzene rings is 3. The predicted molar refractivity (Wildman–Crippen MR) is 91.9 cm³/mol. The number of ether oxygens (including phenoxy) is 2. The third-order valence-corrected chi connectivity index (χ3v) is 4.64. The predicted octanol–water partition coefficient (Wildman–Crippen LogP) is 5.84. The summed E-state index contributed by atoms with van der Waals surface area (Å²) in [7, 11) is 0. The molecule has 0 atom stereocenters. The van der Waals surface area contributed by atoms with Crippen LogP contribution in [-0.4, -0.2) is 4.98 Å². The number of nitrogens with one attached hydrogen (secondary N) is 1. The molecule has 3 aromatic carbocycles. The summed E-state index contributed by atoms with van der Waals surface area (Å²) in [4.78, 5) is 3.44. The molecule has 3 heteroatoms. The van der Waals surface area contributed by atoms with E-state index in [1.165, 1.54) is 10.9 Å². The Balaban J connectivity index is 1.75. The minimum atomic E-state index is 0.755. The minimum Gasteiger partial charge on any atom is -0.449 e. The van der Waals surface area contributed by atoms with E-state index in [2.05, 4.69) is 43.1 Å². The van der Waals surface area contributed by atoms with Crippen molar-refractivity contribution in [1.29, 1.82) is 0 Å². The van der Waals surface area contributed by atoms with Crippen molar-refractivity contribution < 1.29 is 9.47 Å². The largest absolute Gasteiger partial charge is 0.449 e. The molecular formula is C20H15NO2. The Morgan fingerprint density at radius 1 is 0.739 bits per heavy atom. The van der Waals surface area contributed by atoms with Crippen LogP contribution < -0.4 is 9.47 Å². The first-order valence-electron chi connectivity index (χ1n) is 7.71. The van der Waals surface area contributed by atoms with E-state index in [1.807, 2.05) is 24.3 Å². The molecular weight excluding hydrogens is 286 g/mol. The van der Waals surface area contributed by atoms with Crippen LogP contribution in [0, 0.1) is 13.8 Å². The number of aromatic nitrogens is 1. The van der Waals surface area contributed by atoms with Gasteiger partial charge in [-0.05, 0) is 43.2 Å². The Labute approximate surface area is 133 Å². The quantitative estimate of drug-likeness (QED) is 0.390. The first kappa shape index (κ1) is 12.6. The molecule has 5 rings (SSSR count). The molecule has 0 radical (unpaired) electrons. The van der Waals surface area contributed by atoms with E-state index >= 15 is 0 Å². The van der Waals surface area contributed by atoms with Crippen molar-refractivity contribution in [2.75, 3.05) is 0 Å². The van der Waals surface area contributed by atoms with Crippen LogP contribution in [0.5, 0.6) is 23.0 Å². The topological polar surface area (TPSA) is 34.2 Å². The lowest BCUT2D eigenvalue weighted by Gasteiger charge is -2.23. The number of aromatic amines is 1. The summed E-state index contributed by atoms with van der Waals surface area (Å²) < 4.78 is 12.2. The molecule has 0 spiro atoms. The summed E-state index contributed by atoms with van der Waals surface area (Å²) in [6, 6.07) is 16.4. The molecule has 1 aliphatic heterocycles. The Kier molecular flexibility index (Phi) is 2.35. The maximum Gasteiger partial charge on any atom is 0.173 e. The van der Waals surface area contributed by atoms with E-state index in [-0.39, 0.29) is 0 Å². The van der Waals surface area contributed by atoms with E-state index in [1.54, 1.807) is 0 Å². The van der Waals surface area contributed by atoms with E-state index in [0.717, 1.165) is 45.0 Å². The lowest BCUT2D eigenvalue weighted by molar-refractivity contribution is 0.358. The monoisotopic (exact) mass is 301 g/mol. The molecule has 2 heterocycles. The van der Waals surface area contributed by atoms with Crippen molar-refractivity contribution in [3.63, 3.8) is 0 Å². The summed E-state index contributed by atoms with van der Waals surface area (Å²) in [5.74, 6) is 3.11. The molecule has 4 aromatic rings. The number of fused-ring (bicyclic) bond motifs is 5. The van der Waals surface area contributed by atoms with Crippen LogP contribution >= 0.6 is 0 Å². The highest BCUT2D eigenvalue weighted by atomic mass is 16.6. The average Bonchev–Trinajstić information content (AvgIpc) is 2.92. The molecule has 0 fully saturated rings. The van der Waals surface area contributed by atoms with E-state index in [9.17, 15) is 0 Å². The maximum absolute atomic E-state index is 6.15. The summed E-state index contributed by atoms with van der Waals surface area (Å²) in [6.45, 7) is 4.14. The van der Waals surface area contributed by atoms with Gasteiger partial charge in [0.2, 0.25) is 0 Å². The summed E-state index contributed by atoms with van der Waals surface area (Å²) in [5, 5.41) is 2.34. The SMILES string of the molecule is Cc1ccc2c(c1C)Oc1cc3[nH]c4ccccc4c3cc1O2. The lowest BCUT2D eigenvalue weighted by Crippen LogP contribution is -2.01. The third kappa shape index (κ3) is 1.70. The first-order chi connectivity index (χ1) is 11.2. The maximum atomic E-state index is 6.15. The normalized spacial score (nSPS) is 12.6. The summed E-state index contributed by atoms with van der Waals surface area (Å²) in [5.41, 5.74) is 4.49. The van der Waals surface area contributed by atoms with Crippen LogP contribution in [0.1, 0.15) is 11.1 Å².